The number of ether oxygens (including phenoxy) is 1. The van der Waals surface area contributed by atoms with E-state index < -0.39 is 12.1 Å². The van der Waals surface area contributed by atoms with Gasteiger partial charge in [-0.3, -0.25) is 0 Å². The number of aromatic nitrogens is 2. The molecule has 0 unspecified atom stereocenters. The van der Waals surface area contributed by atoms with Gasteiger partial charge in [0.15, 0.2) is 0 Å². The summed E-state index contributed by atoms with van der Waals surface area (Å²) in [5.74, 6) is 0.709. The number of amides is 1. The van der Waals surface area contributed by atoms with Gasteiger partial charge < -0.3 is 24.5 Å². The predicted molar refractivity (Wildman–Crippen MR) is 119 cm³/mol. The molecule has 2 aliphatic rings. The number of carbonyl (C=O) groups is 1. The average Bonchev–Trinajstić information content (AvgIpc) is 3.16. The van der Waals surface area contributed by atoms with Crippen LogP contribution < -0.4 is 9.64 Å². The minimum absolute atomic E-state index is 0.134. The van der Waals surface area contributed by atoms with Crippen LogP contribution in [0.2, 0.25) is 0 Å². The number of anilines is 1. The summed E-state index contributed by atoms with van der Waals surface area (Å²) >= 11 is 3.50. The fourth-order valence-electron chi connectivity index (χ4n) is 4.31. The summed E-state index contributed by atoms with van der Waals surface area (Å²) in [5.41, 5.74) is 0.756. The van der Waals surface area contributed by atoms with Gasteiger partial charge in [0.25, 0.3) is 0 Å². The standard InChI is InChI=1S/C21H25BrN6O3/c1-26-8-2-3-16(26)13-31-20-24-18-11-14(22)4-5-17(18)19(25-20)27-9-10-28(21(29)30)15(12-27)6-7-23/h4-5,11,15-16H,2-3,6,8-10,12-13H2,1H3,(H,29,30)/t15-,16-/m0/s1. The van der Waals surface area contributed by atoms with Crippen LogP contribution in [-0.4, -0.2) is 82.9 Å². The van der Waals surface area contributed by atoms with E-state index in [-0.39, 0.29) is 6.42 Å². The molecule has 0 radical (unpaired) electrons. The van der Waals surface area contributed by atoms with Gasteiger partial charge in [-0.2, -0.15) is 15.2 Å². The Balaban J connectivity index is 1.64. The highest BCUT2D eigenvalue weighted by molar-refractivity contribution is 9.10. The minimum atomic E-state index is -0.999. The molecule has 9 nitrogen and oxygen atoms in total. The Morgan fingerprint density at radius 1 is 1.32 bits per heavy atom. The lowest BCUT2D eigenvalue weighted by Crippen LogP contribution is -2.55. The fraction of sp³-hybridized carbons (Fsp3) is 0.524. The van der Waals surface area contributed by atoms with Crippen molar-refractivity contribution in [1.29, 1.82) is 5.26 Å². The Labute approximate surface area is 189 Å². The van der Waals surface area contributed by atoms with Gasteiger partial charge in [0.1, 0.15) is 12.4 Å². The summed E-state index contributed by atoms with van der Waals surface area (Å²) in [5, 5.41) is 19.5. The van der Waals surface area contributed by atoms with Crippen molar-refractivity contribution in [3.05, 3.63) is 22.7 Å². The quantitative estimate of drug-likeness (QED) is 0.684. The zero-order chi connectivity index (χ0) is 22.0. The first-order valence-electron chi connectivity index (χ1n) is 10.4. The third kappa shape index (κ3) is 4.67. The molecule has 4 rings (SSSR count). The second kappa shape index (κ2) is 9.24. The number of hydrogen-bond donors (Lipinski definition) is 1. The molecule has 2 saturated heterocycles. The molecule has 3 heterocycles. The highest BCUT2D eigenvalue weighted by Crippen LogP contribution is 2.30. The molecule has 2 atom stereocenters. The summed E-state index contributed by atoms with van der Waals surface area (Å²) in [7, 11) is 2.10. The van der Waals surface area contributed by atoms with Crippen LogP contribution in [-0.2, 0) is 0 Å². The lowest BCUT2D eigenvalue weighted by molar-refractivity contribution is 0.119. The number of carboxylic acid groups (broad SMARTS) is 1. The van der Waals surface area contributed by atoms with Gasteiger partial charge in [0, 0.05) is 35.5 Å². The van der Waals surface area contributed by atoms with E-state index in [1.807, 2.05) is 23.1 Å². The van der Waals surface area contributed by atoms with Crippen molar-refractivity contribution in [2.24, 2.45) is 0 Å². The van der Waals surface area contributed by atoms with Gasteiger partial charge in [-0.25, -0.2) is 4.79 Å². The van der Waals surface area contributed by atoms with E-state index >= 15 is 0 Å². The first-order valence-corrected chi connectivity index (χ1v) is 11.2. The zero-order valence-corrected chi connectivity index (χ0v) is 19.0. The maximum absolute atomic E-state index is 11.6. The summed E-state index contributed by atoms with van der Waals surface area (Å²) in [6.45, 7) is 2.79. The van der Waals surface area contributed by atoms with E-state index in [4.69, 9.17) is 9.72 Å². The number of nitrogens with zero attached hydrogens (tertiary/aromatic N) is 6. The Hall–Kier alpha value is -2.64. The maximum Gasteiger partial charge on any atom is 0.407 e. The van der Waals surface area contributed by atoms with Crippen LogP contribution in [0.4, 0.5) is 10.6 Å². The topological polar surface area (TPSA) is 106 Å². The lowest BCUT2D eigenvalue weighted by Gasteiger charge is -2.39. The van der Waals surface area contributed by atoms with Crippen LogP contribution in [0.1, 0.15) is 19.3 Å². The van der Waals surface area contributed by atoms with Crippen molar-refractivity contribution >= 4 is 38.7 Å². The number of hydrogen-bond acceptors (Lipinski definition) is 7. The second-order valence-electron chi connectivity index (χ2n) is 8.02. The van der Waals surface area contributed by atoms with Crippen LogP contribution >= 0.6 is 15.9 Å². The molecule has 1 N–H and O–H groups in total. The molecule has 1 amide bonds. The zero-order valence-electron chi connectivity index (χ0n) is 17.4. The van der Waals surface area contributed by atoms with Crippen LogP contribution in [0.15, 0.2) is 22.7 Å². The molecule has 0 spiro atoms. The number of benzene rings is 1. The van der Waals surface area contributed by atoms with Crippen LogP contribution in [0.3, 0.4) is 0 Å². The number of likely N-dealkylation sites (N-methyl/N-ethyl adjacent to an activating group) is 1. The molecular weight excluding hydrogens is 464 g/mol. The number of rotatable bonds is 5. The average molecular weight is 489 g/mol. The molecule has 2 fully saturated rings. The van der Waals surface area contributed by atoms with E-state index in [0.717, 1.165) is 34.8 Å². The molecule has 2 aromatic rings. The van der Waals surface area contributed by atoms with Crippen molar-refractivity contribution in [2.75, 3.05) is 44.7 Å². The molecule has 31 heavy (non-hydrogen) atoms. The van der Waals surface area contributed by atoms with E-state index in [9.17, 15) is 15.2 Å². The van der Waals surface area contributed by atoms with E-state index in [0.29, 0.717) is 44.1 Å². The summed E-state index contributed by atoms with van der Waals surface area (Å²) in [6.07, 6.45) is 1.39. The fourth-order valence-corrected chi connectivity index (χ4v) is 4.66. The highest BCUT2D eigenvalue weighted by Gasteiger charge is 2.32. The Morgan fingerprint density at radius 2 is 2.16 bits per heavy atom. The van der Waals surface area contributed by atoms with Crippen molar-refractivity contribution < 1.29 is 14.6 Å². The van der Waals surface area contributed by atoms with Crippen molar-refractivity contribution in [3.63, 3.8) is 0 Å². The second-order valence-corrected chi connectivity index (χ2v) is 8.93. The van der Waals surface area contributed by atoms with Crippen molar-refractivity contribution in [2.45, 2.75) is 31.3 Å². The molecule has 10 heteroatoms. The number of piperazine rings is 1. The Kier molecular flexibility index (Phi) is 6.43. The Morgan fingerprint density at radius 3 is 2.87 bits per heavy atom. The number of likely N-dealkylation sites (tertiary alicyclic amines) is 1. The Bertz CT molecular complexity index is 1010. The number of fused-ring (bicyclic) bond motifs is 1. The van der Waals surface area contributed by atoms with Crippen molar-refractivity contribution in [1.82, 2.24) is 19.8 Å². The first-order chi connectivity index (χ1) is 15.0. The third-order valence-electron chi connectivity index (χ3n) is 6.05. The van der Waals surface area contributed by atoms with Gasteiger partial charge >= 0.3 is 12.1 Å². The molecule has 1 aromatic heterocycles. The van der Waals surface area contributed by atoms with Gasteiger partial charge in [-0.15, -0.1) is 0 Å². The largest absolute Gasteiger partial charge is 0.465 e. The number of nitriles is 1. The molecule has 0 aliphatic carbocycles. The smallest absolute Gasteiger partial charge is 0.407 e. The predicted octanol–water partition coefficient (Wildman–Crippen LogP) is 2.95. The normalized spacial score (nSPS) is 22.0. The molecule has 1 aromatic carbocycles. The van der Waals surface area contributed by atoms with Gasteiger partial charge in [0.2, 0.25) is 0 Å². The van der Waals surface area contributed by atoms with E-state index in [2.05, 4.69) is 38.9 Å². The SMILES string of the molecule is CN1CCC[C@H]1COc1nc(N2CCN(C(=O)O)[C@@H](CC#N)C2)c2ccc(Br)cc2n1. The lowest BCUT2D eigenvalue weighted by atomic mass is 10.1. The minimum Gasteiger partial charge on any atom is -0.465 e. The molecule has 0 saturated carbocycles. The molecule has 2 aliphatic heterocycles. The van der Waals surface area contributed by atoms with Gasteiger partial charge in [0.05, 0.1) is 24.0 Å². The van der Waals surface area contributed by atoms with Gasteiger partial charge in [-0.1, -0.05) is 15.9 Å². The van der Waals surface area contributed by atoms with Gasteiger partial charge in [-0.05, 0) is 44.6 Å². The number of halogens is 1. The molecule has 164 valence electrons. The van der Waals surface area contributed by atoms with E-state index in [1.54, 1.807) is 0 Å². The van der Waals surface area contributed by atoms with Crippen LogP contribution in [0, 0.1) is 11.3 Å². The third-order valence-corrected chi connectivity index (χ3v) is 6.54. The summed E-state index contributed by atoms with van der Waals surface area (Å²) in [4.78, 5) is 26.6. The summed E-state index contributed by atoms with van der Waals surface area (Å²) in [6, 6.07) is 8.18. The molecule has 0 bridgehead atoms. The van der Waals surface area contributed by atoms with Crippen molar-refractivity contribution in [3.8, 4) is 12.1 Å². The molecular formula is C21H25BrN6O3. The maximum atomic E-state index is 11.6. The first kappa shape index (κ1) is 21.6. The highest BCUT2D eigenvalue weighted by atomic mass is 79.9. The summed E-state index contributed by atoms with van der Waals surface area (Å²) < 4.78 is 6.92. The van der Waals surface area contributed by atoms with Crippen LogP contribution in [0.25, 0.3) is 10.9 Å². The monoisotopic (exact) mass is 488 g/mol. The van der Waals surface area contributed by atoms with Crippen LogP contribution in [0.5, 0.6) is 6.01 Å². The van der Waals surface area contributed by atoms with E-state index in [1.165, 1.54) is 4.90 Å².